The van der Waals surface area contributed by atoms with Crippen molar-refractivity contribution in [3.63, 3.8) is 0 Å². The molecule has 80 valence electrons. The fourth-order valence-corrected chi connectivity index (χ4v) is 1.68. The summed E-state index contributed by atoms with van der Waals surface area (Å²) in [5, 5.41) is 8.77. The second kappa shape index (κ2) is 5.97. The standard InChI is InChI=1S/C10H19N3O/c1-10(9-11)13-5-3-12(4-6-13)7-8-14-2/h10H,3-8H2,1-2H3. The summed E-state index contributed by atoms with van der Waals surface area (Å²) in [5.74, 6) is 0. The van der Waals surface area contributed by atoms with Gasteiger partial charge in [-0.25, -0.2) is 0 Å². The van der Waals surface area contributed by atoms with Crippen LogP contribution in [0.2, 0.25) is 0 Å². The first-order chi connectivity index (χ1) is 6.77. The maximum atomic E-state index is 8.77. The first-order valence-corrected chi connectivity index (χ1v) is 5.13. The Balaban J connectivity index is 2.21. The molecule has 1 atom stereocenters. The van der Waals surface area contributed by atoms with Crippen LogP contribution in [0.5, 0.6) is 0 Å². The van der Waals surface area contributed by atoms with E-state index in [1.54, 1.807) is 7.11 Å². The molecule has 4 heteroatoms. The fraction of sp³-hybridized carbons (Fsp3) is 0.900. The molecule has 1 heterocycles. The van der Waals surface area contributed by atoms with Gasteiger partial charge in [0.2, 0.25) is 0 Å². The van der Waals surface area contributed by atoms with Gasteiger partial charge in [0, 0.05) is 39.8 Å². The zero-order chi connectivity index (χ0) is 10.4. The van der Waals surface area contributed by atoms with Crippen molar-refractivity contribution in [3.05, 3.63) is 0 Å². The third kappa shape index (κ3) is 3.26. The topological polar surface area (TPSA) is 39.5 Å². The van der Waals surface area contributed by atoms with Gasteiger partial charge < -0.3 is 4.74 Å². The van der Waals surface area contributed by atoms with Crippen LogP contribution in [0.4, 0.5) is 0 Å². The lowest BCUT2D eigenvalue weighted by Gasteiger charge is -2.35. The van der Waals surface area contributed by atoms with Crippen LogP contribution in [0.3, 0.4) is 0 Å². The Morgan fingerprint density at radius 1 is 1.36 bits per heavy atom. The minimum Gasteiger partial charge on any atom is -0.383 e. The summed E-state index contributed by atoms with van der Waals surface area (Å²) < 4.78 is 5.03. The van der Waals surface area contributed by atoms with E-state index in [1.165, 1.54) is 0 Å². The molecule has 1 unspecified atom stereocenters. The molecule has 4 nitrogen and oxygen atoms in total. The molecular formula is C10H19N3O. The number of ether oxygens (including phenoxy) is 1. The van der Waals surface area contributed by atoms with Gasteiger partial charge in [-0.3, -0.25) is 9.80 Å². The van der Waals surface area contributed by atoms with Crippen molar-refractivity contribution in [1.82, 2.24) is 9.80 Å². The van der Waals surface area contributed by atoms with E-state index in [9.17, 15) is 0 Å². The molecule has 14 heavy (non-hydrogen) atoms. The average Bonchev–Trinajstić information content (AvgIpc) is 2.26. The maximum absolute atomic E-state index is 8.77. The average molecular weight is 197 g/mol. The van der Waals surface area contributed by atoms with Crippen LogP contribution >= 0.6 is 0 Å². The highest BCUT2D eigenvalue weighted by atomic mass is 16.5. The summed E-state index contributed by atoms with van der Waals surface area (Å²) in [6.07, 6.45) is 0. The van der Waals surface area contributed by atoms with Gasteiger partial charge in [0.05, 0.1) is 18.7 Å². The predicted molar refractivity (Wildman–Crippen MR) is 55.0 cm³/mol. The lowest BCUT2D eigenvalue weighted by molar-refractivity contribution is 0.0894. The van der Waals surface area contributed by atoms with Gasteiger partial charge in [-0.05, 0) is 6.92 Å². The molecule has 1 saturated heterocycles. The van der Waals surface area contributed by atoms with E-state index < -0.39 is 0 Å². The summed E-state index contributed by atoms with van der Waals surface area (Å²) in [6, 6.07) is 2.33. The Labute approximate surface area is 86.0 Å². The van der Waals surface area contributed by atoms with Crippen molar-refractivity contribution in [1.29, 1.82) is 5.26 Å². The monoisotopic (exact) mass is 197 g/mol. The molecule has 0 radical (unpaired) electrons. The molecule has 1 rings (SSSR count). The van der Waals surface area contributed by atoms with Gasteiger partial charge in [-0.1, -0.05) is 0 Å². The smallest absolute Gasteiger partial charge is 0.0950 e. The molecule has 0 aromatic rings. The first kappa shape index (κ1) is 11.4. The Morgan fingerprint density at radius 2 is 2.00 bits per heavy atom. The molecule has 1 aliphatic rings. The number of methoxy groups -OCH3 is 1. The summed E-state index contributed by atoms with van der Waals surface area (Å²) in [5.41, 5.74) is 0. The number of rotatable bonds is 4. The SMILES string of the molecule is COCCN1CCN(C(C)C#N)CC1. The molecule has 0 N–H and O–H groups in total. The van der Waals surface area contributed by atoms with Gasteiger partial charge in [0.15, 0.2) is 0 Å². The second-order valence-electron chi connectivity index (χ2n) is 3.68. The van der Waals surface area contributed by atoms with E-state index >= 15 is 0 Å². The maximum Gasteiger partial charge on any atom is 0.0950 e. The summed E-state index contributed by atoms with van der Waals surface area (Å²) >= 11 is 0. The van der Waals surface area contributed by atoms with Crippen LogP contribution in [0.1, 0.15) is 6.92 Å². The van der Waals surface area contributed by atoms with Crippen molar-refractivity contribution < 1.29 is 4.74 Å². The largest absolute Gasteiger partial charge is 0.383 e. The van der Waals surface area contributed by atoms with Crippen LogP contribution in [0.15, 0.2) is 0 Å². The molecule has 0 aliphatic carbocycles. The van der Waals surface area contributed by atoms with E-state index in [1.807, 2.05) is 6.92 Å². The molecular weight excluding hydrogens is 178 g/mol. The third-order valence-corrected chi connectivity index (χ3v) is 2.75. The molecule has 1 fully saturated rings. The number of hydrogen-bond donors (Lipinski definition) is 0. The van der Waals surface area contributed by atoms with Crippen molar-refractivity contribution >= 4 is 0 Å². The molecule has 0 aromatic carbocycles. The molecule has 0 amide bonds. The van der Waals surface area contributed by atoms with E-state index in [0.29, 0.717) is 0 Å². The van der Waals surface area contributed by atoms with Crippen LogP contribution in [-0.2, 0) is 4.74 Å². The first-order valence-electron chi connectivity index (χ1n) is 5.13. The number of hydrogen-bond acceptors (Lipinski definition) is 4. The number of piperazine rings is 1. The normalized spacial score (nSPS) is 21.8. The minimum atomic E-state index is 0.0552. The van der Waals surface area contributed by atoms with Crippen molar-refractivity contribution in [2.45, 2.75) is 13.0 Å². The Hall–Kier alpha value is -0.630. The summed E-state index contributed by atoms with van der Waals surface area (Å²) in [6.45, 7) is 7.87. The lowest BCUT2D eigenvalue weighted by atomic mass is 10.2. The van der Waals surface area contributed by atoms with Gasteiger partial charge in [0.1, 0.15) is 0 Å². The third-order valence-electron chi connectivity index (χ3n) is 2.75. The Kier molecular flexibility index (Phi) is 4.88. The predicted octanol–water partition coefficient (Wildman–Crippen LogP) is 0.162. The second-order valence-corrected chi connectivity index (χ2v) is 3.68. The van der Waals surface area contributed by atoms with Crippen LogP contribution in [-0.4, -0.2) is 62.3 Å². The van der Waals surface area contributed by atoms with Crippen LogP contribution in [0, 0.1) is 11.3 Å². The molecule has 0 aromatic heterocycles. The van der Waals surface area contributed by atoms with Gasteiger partial charge in [-0.15, -0.1) is 0 Å². The number of nitrogens with zero attached hydrogens (tertiary/aromatic N) is 3. The van der Waals surface area contributed by atoms with Gasteiger partial charge in [-0.2, -0.15) is 5.26 Å². The van der Waals surface area contributed by atoms with Gasteiger partial charge >= 0.3 is 0 Å². The molecule has 0 saturated carbocycles. The zero-order valence-electron chi connectivity index (χ0n) is 9.07. The molecule has 1 aliphatic heterocycles. The fourth-order valence-electron chi connectivity index (χ4n) is 1.68. The Bertz CT molecular complexity index is 194. The minimum absolute atomic E-state index is 0.0552. The van der Waals surface area contributed by atoms with E-state index in [-0.39, 0.29) is 6.04 Å². The summed E-state index contributed by atoms with van der Waals surface area (Å²) in [4.78, 5) is 4.60. The highest BCUT2D eigenvalue weighted by Crippen LogP contribution is 2.05. The number of nitriles is 1. The van der Waals surface area contributed by atoms with Crippen molar-refractivity contribution in [2.75, 3.05) is 46.4 Å². The molecule has 0 spiro atoms. The lowest BCUT2D eigenvalue weighted by Crippen LogP contribution is -2.49. The van der Waals surface area contributed by atoms with Crippen LogP contribution < -0.4 is 0 Å². The highest BCUT2D eigenvalue weighted by molar-refractivity contribution is 4.90. The zero-order valence-corrected chi connectivity index (χ0v) is 9.07. The highest BCUT2D eigenvalue weighted by Gasteiger charge is 2.19. The quantitative estimate of drug-likeness (QED) is 0.644. The van der Waals surface area contributed by atoms with E-state index in [4.69, 9.17) is 10.00 Å². The van der Waals surface area contributed by atoms with Crippen molar-refractivity contribution in [2.24, 2.45) is 0 Å². The van der Waals surface area contributed by atoms with Gasteiger partial charge in [0.25, 0.3) is 0 Å². The van der Waals surface area contributed by atoms with Crippen molar-refractivity contribution in [3.8, 4) is 6.07 Å². The summed E-state index contributed by atoms with van der Waals surface area (Å²) in [7, 11) is 1.73. The Morgan fingerprint density at radius 3 is 2.50 bits per heavy atom. The van der Waals surface area contributed by atoms with E-state index in [2.05, 4.69) is 15.9 Å². The molecule has 0 bridgehead atoms. The van der Waals surface area contributed by atoms with E-state index in [0.717, 1.165) is 39.3 Å². The van der Waals surface area contributed by atoms with Crippen LogP contribution in [0.25, 0.3) is 0 Å².